The highest BCUT2D eigenvalue weighted by Gasteiger charge is 2.09. The summed E-state index contributed by atoms with van der Waals surface area (Å²) in [5.74, 6) is -0.0760. The molecule has 0 aliphatic carbocycles. The zero-order valence-electron chi connectivity index (χ0n) is 12.9. The van der Waals surface area contributed by atoms with Crippen LogP contribution in [0, 0.1) is 5.82 Å². The Morgan fingerprint density at radius 3 is 2.33 bits per heavy atom. The summed E-state index contributed by atoms with van der Waals surface area (Å²) in [5.41, 5.74) is 3.15. The highest BCUT2D eigenvalue weighted by Crippen LogP contribution is 2.25. The van der Waals surface area contributed by atoms with Crippen molar-refractivity contribution in [1.29, 1.82) is 0 Å². The van der Waals surface area contributed by atoms with Gasteiger partial charge >= 0.3 is 0 Å². The largest absolute Gasteiger partial charge is 0.494 e. The van der Waals surface area contributed by atoms with Crippen LogP contribution in [0.5, 0.6) is 5.75 Å². The molecule has 2 aromatic carbocycles. The first kappa shape index (κ1) is 15.2. The first-order valence-electron chi connectivity index (χ1n) is 6.88. The maximum absolute atomic E-state index is 13.4. The van der Waals surface area contributed by atoms with Crippen LogP contribution >= 0.6 is 0 Å². The molecule has 1 N–H and O–H groups in total. The summed E-state index contributed by atoms with van der Waals surface area (Å²) in [6.45, 7) is 2.03. The molecular weight excluding hydrogens is 267 g/mol. The van der Waals surface area contributed by atoms with Gasteiger partial charge in [-0.3, -0.25) is 0 Å². The minimum atomic E-state index is -0.344. The maximum atomic E-state index is 13.4. The molecule has 0 heterocycles. The third-order valence-electron chi connectivity index (χ3n) is 3.44. The number of nitrogens with one attached hydrogen (secondary N) is 1. The molecule has 0 aliphatic rings. The fourth-order valence-electron chi connectivity index (χ4n) is 2.13. The third-order valence-corrected chi connectivity index (χ3v) is 3.44. The van der Waals surface area contributed by atoms with Crippen molar-refractivity contribution in [2.75, 3.05) is 31.4 Å². The van der Waals surface area contributed by atoms with E-state index in [1.165, 1.54) is 13.2 Å². The van der Waals surface area contributed by atoms with Gasteiger partial charge < -0.3 is 15.0 Å². The van der Waals surface area contributed by atoms with E-state index in [2.05, 4.69) is 22.3 Å². The van der Waals surface area contributed by atoms with Gasteiger partial charge in [-0.1, -0.05) is 6.07 Å². The molecule has 0 aliphatic heterocycles. The lowest BCUT2D eigenvalue weighted by Gasteiger charge is -2.18. The molecule has 2 rings (SSSR count). The molecule has 112 valence electrons. The van der Waals surface area contributed by atoms with Crippen molar-refractivity contribution in [3.8, 4) is 5.75 Å². The van der Waals surface area contributed by atoms with Crippen LogP contribution in [-0.4, -0.2) is 21.2 Å². The second kappa shape index (κ2) is 6.48. The van der Waals surface area contributed by atoms with Gasteiger partial charge in [0.1, 0.15) is 0 Å². The van der Waals surface area contributed by atoms with Gasteiger partial charge in [-0.15, -0.1) is 0 Å². The number of nitrogens with zero attached hydrogens (tertiary/aromatic N) is 1. The van der Waals surface area contributed by atoms with E-state index in [0.717, 1.165) is 16.9 Å². The van der Waals surface area contributed by atoms with Crippen molar-refractivity contribution in [2.24, 2.45) is 0 Å². The van der Waals surface area contributed by atoms with E-state index in [0.29, 0.717) is 0 Å². The molecule has 1 unspecified atom stereocenters. The van der Waals surface area contributed by atoms with Gasteiger partial charge in [0.2, 0.25) is 0 Å². The number of methoxy groups -OCH3 is 1. The van der Waals surface area contributed by atoms with Crippen LogP contribution in [0.3, 0.4) is 0 Å². The molecule has 2 aromatic rings. The molecule has 0 aromatic heterocycles. The first-order valence-corrected chi connectivity index (χ1v) is 6.88. The van der Waals surface area contributed by atoms with Crippen LogP contribution in [0.25, 0.3) is 0 Å². The van der Waals surface area contributed by atoms with Gasteiger partial charge in [0, 0.05) is 31.5 Å². The summed E-state index contributed by atoms with van der Waals surface area (Å²) in [4.78, 5) is 2.05. The van der Waals surface area contributed by atoms with Gasteiger partial charge in [-0.25, -0.2) is 4.39 Å². The van der Waals surface area contributed by atoms with Gasteiger partial charge in [0.25, 0.3) is 0 Å². The maximum Gasteiger partial charge on any atom is 0.165 e. The van der Waals surface area contributed by atoms with Crippen molar-refractivity contribution in [1.82, 2.24) is 0 Å². The van der Waals surface area contributed by atoms with Gasteiger partial charge in [0.15, 0.2) is 11.6 Å². The van der Waals surface area contributed by atoms with Crippen LogP contribution in [0.1, 0.15) is 18.5 Å². The number of rotatable bonds is 5. The average molecular weight is 288 g/mol. The Bertz CT molecular complexity index is 596. The van der Waals surface area contributed by atoms with Gasteiger partial charge in [-0.05, 0) is 48.9 Å². The minimum Gasteiger partial charge on any atom is -0.494 e. The lowest BCUT2D eigenvalue weighted by Crippen LogP contribution is -2.09. The number of hydrogen-bond donors (Lipinski definition) is 1. The van der Waals surface area contributed by atoms with Crippen molar-refractivity contribution in [3.05, 3.63) is 53.8 Å². The van der Waals surface area contributed by atoms with E-state index < -0.39 is 0 Å². The smallest absolute Gasteiger partial charge is 0.165 e. The monoisotopic (exact) mass is 288 g/mol. The topological polar surface area (TPSA) is 24.5 Å². The molecule has 0 radical (unpaired) electrons. The molecule has 4 heteroatoms. The van der Waals surface area contributed by atoms with Crippen LogP contribution in [0.15, 0.2) is 42.5 Å². The lowest BCUT2D eigenvalue weighted by molar-refractivity contribution is 0.385. The van der Waals surface area contributed by atoms with Crippen molar-refractivity contribution in [2.45, 2.75) is 13.0 Å². The standard InChI is InChI=1S/C17H21FN2O/c1-12(13-5-10-16(18)17(11-13)21-4)19-14-6-8-15(9-7-14)20(2)3/h5-12,19H,1-4H3. The van der Waals surface area contributed by atoms with Gasteiger partial charge in [0.05, 0.1) is 7.11 Å². The fraction of sp³-hybridized carbons (Fsp3) is 0.294. The highest BCUT2D eigenvalue weighted by atomic mass is 19.1. The zero-order chi connectivity index (χ0) is 15.4. The fourth-order valence-corrected chi connectivity index (χ4v) is 2.13. The van der Waals surface area contributed by atoms with E-state index in [-0.39, 0.29) is 17.6 Å². The Labute approximate surface area is 125 Å². The molecule has 0 bridgehead atoms. The van der Waals surface area contributed by atoms with Crippen LogP contribution in [0.4, 0.5) is 15.8 Å². The summed E-state index contributed by atoms with van der Waals surface area (Å²) in [7, 11) is 5.49. The first-order chi connectivity index (χ1) is 10.0. The molecule has 0 saturated heterocycles. The van der Waals surface area contributed by atoms with E-state index >= 15 is 0 Å². The predicted octanol–water partition coefficient (Wildman–Crippen LogP) is 4.07. The summed E-state index contributed by atoms with van der Waals surface area (Å²) >= 11 is 0. The quantitative estimate of drug-likeness (QED) is 0.897. The molecule has 1 atom stereocenters. The Kier molecular flexibility index (Phi) is 4.68. The average Bonchev–Trinajstić information content (AvgIpc) is 2.48. The molecule has 0 fully saturated rings. The zero-order valence-corrected chi connectivity index (χ0v) is 12.9. The predicted molar refractivity (Wildman–Crippen MR) is 85.8 cm³/mol. The summed E-state index contributed by atoms with van der Waals surface area (Å²) in [6.07, 6.45) is 0. The number of hydrogen-bond acceptors (Lipinski definition) is 3. The minimum absolute atomic E-state index is 0.0599. The third kappa shape index (κ3) is 3.66. The van der Waals surface area contributed by atoms with E-state index in [1.807, 2.05) is 33.2 Å². The van der Waals surface area contributed by atoms with E-state index in [4.69, 9.17) is 4.74 Å². The molecule has 0 spiro atoms. The molecular formula is C17H21FN2O. The van der Waals surface area contributed by atoms with Crippen molar-refractivity contribution >= 4 is 11.4 Å². The molecule has 0 saturated carbocycles. The SMILES string of the molecule is COc1cc(C(C)Nc2ccc(N(C)C)cc2)ccc1F. The Morgan fingerprint density at radius 1 is 1.10 bits per heavy atom. The van der Waals surface area contributed by atoms with Crippen LogP contribution in [-0.2, 0) is 0 Å². The van der Waals surface area contributed by atoms with E-state index in [9.17, 15) is 4.39 Å². The normalized spacial score (nSPS) is 11.9. The second-order valence-corrected chi connectivity index (χ2v) is 5.20. The summed E-state index contributed by atoms with van der Waals surface area (Å²) < 4.78 is 18.5. The van der Waals surface area contributed by atoms with Crippen molar-refractivity contribution < 1.29 is 9.13 Å². The molecule has 3 nitrogen and oxygen atoms in total. The van der Waals surface area contributed by atoms with Crippen molar-refractivity contribution in [3.63, 3.8) is 0 Å². The Hall–Kier alpha value is -2.23. The van der Waals surface area contributed by atoms with Gasteiger partial charge in [-0.2, -0.15) is 0 Å². The van der Waals surface area contributed by atoms with E-state index in [1.54, 1.807) is 12.1 Å². The number of anilines is 2. The van der Waals surface area contributed by atoms with Crippen LogP contribution in [0.2, 0.25) is 0 Å². The Morgan fingerprint density at radius 2 is 1.76 bits per heavy atom. The molecule has 21 heavy (non-hydrogen) atoms. The summed E-state index contributed by atoms with van der Waals surface area (Å²) in [5, 5.41) is 3.40. The van der Waals surface area contributed by atoms with Crippen LogP contribution < -0.4 is 15.0 Å². The Balaban J connectivity index is 2.12. The lowest BCUT2D eigenvalue weighted by atomic mass is 10.1. The summed E-state index contributed by atoms with van der Waals surface area (Å²) in [6, 6.07) is 13.2. The second-order valence-electron chi connectivity index (χ2n) is 5.20. The number of halogens is 1. The number of benzene rings is 2. The highest BCUT2D eigenvalue weighted by molar-refractivity contribution is 5.55. The molecule has 0 amide bonds. The number of ether oxygens (including phenoxy) is 1.